The molecule has 3 heterocycles. The number of methoxy groups -OCH3 is 2. The van der Waals surface area contributed by atoms with Crippen LogP contribution in [0.2, 0.25) is 0 Å². The second kappa shape index (κ2) is 11.5. The lowest BCUT2D eigenvalue weighted by atomic mass is 10.0. The average molecular weight is 566 g/mol. The quantitative estimate of drug-likeness (QED) is 0.176. The van der Waals surface area contributed by atoms with Crippen molar-refractivity contribution < 1.29 is 28.0 Å². The van der Waals surface area contributed by atoms with Crippen LogP contribution >= 0.6 is 0 Å². The van der Waals surface area contributed by atoms with Crippen LogP contribution in [0, 0.1) is 21.7 Å². The van der Waals surface area contributed by atoms with Crippen LogP contribution in [0.3, 0.4) is 0 Å². The van der Waals surface area contributed by atoms with Crippen LogP contribution in [-0.2, 0) is 6.42 Å². The smallest absolute Gasteiger partial charge is 0.275 e. The summed E-state index contributed by atoms with van der Waals surface area (Å²) >= 11 is 0. The SMILES string of the molecule is CCN1CCN(c2ccc(Cc3cc4cc(C(=O)c5c(F)c(OC)cc(OC)c5F)[nH]c4cn3)c([N+](=O)[O-])c2)CC1. The Morgan fingerprint density at radius 3 is 2.34 bits per heavy atom. The molecule has 1 N–H and O–H groups in total. The van der Waals surface area contributed by atoms with Gasteiger partial charge in [0.25, 0.3) is 5.69 Å². The molecule has 214 valence electrons. The molecular formula is C29H29F2N5O5. The van der Waals surface area contributed by atoms with Crippen molar-refractivity contribution in [2.45, 2.75) is 13.3 Å². The van der Waals surface area contributed by atoms with Crippen LogP contribution in [0.15, 0.2) is 42.6 Å². The van der Waals surface area contributed by atoms with Gasteiger partial charge in [0, 0.05) is 67.1 Å². The number of benzene rings is 2. The summed E-state index contributed by atoms with van der Waals surface area (Å²) in [5, 5.41) is 12.5. The van der Waals surface area contributed by atoms with Crippen molar-refractivity contribution in [2.24, 2.45) is 0 Å². The summed E-state index contributed by atoms with van der Waals surface area (Å²) in [6.45, 7) is 6.50. The van der Waals surface area contributed by atoms with Gasteiger partial charge in [-0.2, -0.15) is 0 Å². The Morgan fingerprint density at radius 2 is 1.73 bits per heavy atom. The van der Waals surface area contributed by atoms with Gasteiger partial charge in [0.1, 0.15) is 5.56 Å². The number of nitrogens with zero attached hydrogens (tertiary/aromatic N) is 4. The first kappa shape index (κ1) is 28.0. The maximum atomic E-state index is 14.9. The number of piperazine rings is 1. The molecule has 0 aliphatic carbocycles. The third-order valence-corrected chi connectivity index (χ3v) is 7.43. The van der Waals surface area contributed by atoms with Crippen molar-refractivity contribution >= 4 is 28.1 Å². The zero-order valence-electron chi connectivity index (χ0n) is 22.9. The predicted octanol–water partition coefficient (Wildman–Crippen LogP) is 4.73. The fourth-order valence-electron chi connectivity index (χ4n) is 5.10. The number of aromatic amines is 1. The van der Waals surface area contributed by atoms with Crippen LogP contribution in [0.25, 0.3) is 10.9 Å². The van der Waals surface area contributed by atoms with E-state index in [4.69, 9.17) is 9.47 Å². The predicted molar refractivity (Wildman–Crippen MR) is 149 cm³/mol. The summed E-state index contributed by atoms with van der Waals surface area (Å²) in [6, 6.07) is 9.42. The minimum absolute atomic E-state index is 0.00479. The number of hydrogen-bond donors (Lipinski definition) is 1. The summed E-state index contributed by atoms with van der Waals surface area (Å²) in [6.07, 6.45) is 1.66. The van der Waals surface area contributed by atoms with Crippen molar-refractivity contribution in [3.05, 3.63) is 86.9 Å². The number of fused-ring (bicyclic) bond motifs is 1. The molecule has 0 unspecified atom stereocenters. The van der Waals surface area contributed by atoms with Crippen molar-refractivity contribution in [1.29, 1.82) is 0 Å². The molecule has 12 heteroatoms. The van der Waals surface area contributed by atoms with E-state index in [-0.39, 0.29) is 29.3 Å². The van der Waals surface area contributed by atoms with Crippen molar-refractivity contribution in [1.82, 2.24) is 14.9 Å². The minimum atomic E-state index is -1.14. The molecule has 1 saturated heterocycles. The molecule has 0 saturated carbocycles. The minimum Gasteiger partial charge on any atom is -0.494 e. The molecule has 0 bridgehead atoms. The Bertz CT molecular complexity index is 1600. The second-order valence-electron chi connectivity index (χ2n) is 9.73. The maximum absolute atomic E-state index is 14.9. The van der Waals surface area contributed by atoms with Gasteiger partial charge in [-0.15, -0.1) is 0 Å². The fraction of sp³-hybridized carbons (Fsp3) is 0.310. The number of hydrogen-bond acceptors (Lipinski definition) is 8. The summed E-state index contributed by atoms with van der Waals surface area (Å²) in [5.41, 5.74) is 1.43. The highest BCUT2D eigenvalue weighted by molar-refractivity contribution is 6.11. The lowest BCUT2D eigenvalue weighted by Crippen LogP contribution is -2.46. The highest BCUT2D eigenvalue weighted by Gasteiger charge is 2.28. The number of ether oxygens (including phenoxy) is 2. The van der Waals surface area contributed by atoms with Gasteiger partial charge in [-0.25, -0.2) is 8.78 Å². The van der Waals surface area contributed by atoms with E-state index < -0.39 is 27.9 Å². The van der Waals surface area contributed by atoms with Gasteiger partial charge >= 0.3 is 0 Å². The molecule has 0 amide bonds. The summed E-state index contributed by atoms with van der Waals surface area (Å²) in [4.78, 5) is 36.5. The number of ketones is 1. The number of pyridine rings is 1. The number of nitro groups is 1. The molecule has 1 aliphatic heterocycles. The van der Waals surface area contributed by atoms with Gasteiger partial charge in [0.15, 0.2) is 23.1 Å². The van der Waals surface area contributed by atoms with Crippen LogP contribution in [0.4, 0.5) is 20.2 Å². The van der Waals surface area contributed by atoms with Crippen molar-refractivity contribution in [3.63, 3.8) is 0 Å². The first-order valence-electron chi connectivity index (χ1n) is 13.1. The molecule has 5 rings (SSSR count). The van der Waals surface area contributed by atoms with E-state index in [0.717, 1.165) is 44.5 Å². The first-order chi connectivity index (χ1) is 19.7. The van der Waals surface area contributed by atoms with Crippen LogP contribution < -0.4 is 14.4 Å². The fourth-order valence-corrected chi connectivity index (χ4v) is 5.10. The van der Waals surface area contributed by atoms with E-state index in [1.165, 1.54) is 26.5 Å². The number of nitrogens with one attached hydrogen (secondary N) is 1. The topological polar surface area (TPSA) is 114 Å². The Labute approximate surface area is 234 Å². The average Bonchev–Trinajstić information content (AvgIpc) is 3.41. The van der Waals surface area contributed by atoms with E-state index >= 15 is 0 Å². The molecule has 0 spiro atoms. The largest absolute Gasteiger partial charge is 0.494 e. The third-order valence-electron chi connectivity index (χ3n) is 7.43. The Balaban J connectivity index is 1.42. The number of nitro benzene ring substituents is 1. The van der Waals surface area contributed by atoms with Crippen LogP contribution in [0.1, 0.15) is 34.2 Å². The summed E-state index contributed by atoms with van der Waals surface area (Å²) in [5.74, 6) is -3.88. The lowest BCUT2D eigenvalue weighted by molar-refractivity contribution is -0.385. The molecule has 0 radical (unpaired) electrons. The number of rotatable bonds is 9. The number of anilines is 1. The summed E-state index contributed by atoms with van der Waals surface area (Å²) in [7, 11) is 2.40. The molecule has 2 aromatic heterocycles. The number of carbonyl (C=O) groups excluding carboxylic acids is 1. The number of halogens is 2. The van der Waals surface area contributed by atoms with Crippen LogP contribution in [0.5, 0.6) is 11.5 Å². The molecule has 4 aromatic rings. The van der Waals surface area contributed by atoms with E-state index in [1.54, 1.807) is 18.2 Å². The zero-order valence-corrected chi connectivity index (χ0v) is 22.9. The van der Waals surface area contributed by atoms with E-state index in [2.05, 4.69) is 26.7 Å². The summed E-state index contributed by atoms with van der Waals surface area (Å²) < 4.78 is 39.7. The molecular weight excluding hydrogens is 536 g/mol. The zero-order chi connectivity index (χ0) is 29.3. The van der Waals surface area contributed by atoms with Crippen LogP contribution in [-0.4, -0.2) is 72.5 Å². The van der Waals surface area contributed by atoms with Gasteiger partial charge in [0.2, 0.25) is 5.78 Å². The normalized spacial score (nSPS) is 13.9. The van der Waals surface area contributed by atoms with Gasteiger partial charge in [0.05, 0.1) is 36.6 Å². The molecule has 1 fully saturated rings. The number of aromatic nitrogens is 2. The van der Waals surface area contributed by atoms with Gasteiger partial charge in [-0.3, -0.25) is 19.9 Å². The van der Waals surface area contributed by atoms with Gasteiger partial charge in [-0.05, 0) is 30.8 Å². The van der Waals surface area contributed by atoms with Crippen molar-refractivity contribution in [2.75, 3.05) is 51.8 Å². The Morgan fingerprint density at radius 1 is 1.05 bits per heavy atom. The molecule has 2 aromatic carbocycles. The Hall–Kier alpha value is -4.58. The second-order valence-corrected chi connectivity index (χ2v) is 9.73. The van der Waals surface area contributed by atoms with Gasteiger partial charge < -0.3 is 24.3 Å². The highest BCUT2D eigenvalue weighted by atomic mass is 19.1. The van der Waals surface area contributed by atoms with Gasteiger partial charge in [-0.1, -0.05) is 6.92 Å². The number of carbonyl (C=O) groups is 1. The third kappa shape index (κ3) is 5.42. The van der Waals surface area contributed by atoms with E-state index in [1.807, 2.05) is 6.07 Å². The molecule has 41 heavy (non-hydrogen) atoms. The number of likely N-dealkylation sites (N-methyl/N-ethyl adjacent to an activating group) is 1. The maximum Gasteiger partial charge on any atom is 0.275 e. The van der Waals surface area contributed by atoms with Crippen molar-refractivity contribution in [3.8, 4) is 11.5 Å². The highest BCUT2D eigenvalue weighted by Crippen LogP contribution is 2.33. The van der Waals surface area contributed by atoms with E-state index in [9.17, 15) is 23.7 Å². The molecule has 1 aliphatic rings. The standard InChI is InChI=1S/C29H29F2N5O5/c1-4-34-7-9-35(10-8-34)20-6-5-17(23(14-20)36(38)39)11-19-12-18-13-21(33-22(18)16-32-19)29(37)26-27(30)24(40-2)15-25(41-3)28(26)31/h5-6,12-16,33H,4,7-11H2,1-3H3. The molecule has 10 nitrogen and oxygen atoms in total. The first-order valence-corrected chi connectivity index (χ1v) is 13.1. The Kier molecular flexibility index (Phi) is 7.84. The lowest BCUT2D eigenvalue weighted by Gasteiger charge is -2.35. The number of H-pyrrole nitrogens is 1. The molecule has 0 atom stereocenters. The van der Waals surface area contributed by atoms with E-state index in [0.29, 0.717) is 22.2 Å². The monoisotopic (exact) mass is 565 g/mol.